The van der Waals surface area contributed by atoms with Gasteiger partial charge in [-0.05, 0) is 35.0 Å². The highest BCUT2D eigenvalue weighted by Gasteiger charge is 2.40. The number of rotatable bonds is 7. The number of carbonyl (C=O) groups is 2. The Hall–Kier alpha value is -2.97. The minimum absolute atomic E-state index is 0.0578. The van der Waals surface area contributed by atoms with Crippen LogP contribution in [0.1, 0.15) is 24.9 Å². The molecule has 29 heavy (non-hydrogen) atoms. The third-order valence-electron chi connectivity index (χ3n) is 4.23. The van der Waals surface area contributed by atoms with Crippen LogP contribution in [0, 0.1) is 0 Å². The largest absolute Gasteiger partial charge is 0.475 e. The van der Waals surface area contributed by atoms with E-state index in [-0.39, 0.29) is 19.8 Å². The Morgan fingerprint density at radius 2 is 1.48 bits per heavy atom. The Labute approximate surface area is 175 Å². The average molecular weight is 428 g/mol. The lowest BCUT2D eigenvalue weighted by atomic mass is 10.1. The average Bonchev–Trinajstić information content (AvgIpc) is 3.53. The SMILES string of the molecule is O=C(OCC1(COC(=O)c2cccs2)COC(c2ccccc2)=N1)c1cccs1. The summed E-state index contributed by atoms with van der Waals surface area (Å²) in [6.07, 6.45) is 0. The van der Waals surface area contributed by atoms with Gasteiger partial charge in [0.15, 0.2) is 5.54 Å². The molecule has 0 bridgehead atoms. The normalized spacial score (nSPS) is 14.7. The molecule has 0 saturated carbocycles. The number of ether oxygens (including phenoxy) is 3. The van der Waals surface area contributed by atoms with Gasteiger partial charge >= 0.3 is 11.9 Å². The summed E-state index contributed by atoms with van der Waals surface area (Å²) in [6.45, 7) is 0.0300. The van der Waals surface area contributed by atoms with Gasteiger partial charge in [0.25, 0.3) is 0 Å². The van der Waals surface area contributed by atoms with E-state index in [2.05, 4.69) is 4.99 Å². The Balaban J connectivity index is 1.51. The second-order valence-corrected chi connectivity index (χ2v) is 8.30. The van der Waals surface area contributed by atoms with Crippen LogP contribution in [0.3, 0.4) is 0 Å². The monoisotopic (exact) mass is 427 g/mol. The topological polar surface area (TPSA) is 74.2 Å². The third kappa shape index (κ3) is 4.55. The molecule has 1 aliphatic rings. The lowest BCUT2D eigenvalue weighted by molar-refractivity contribution is 0.0154. The molecule has 2 aromatic heterocycles. The van der Waals surface area contributed by atoms with Gasteiger partial charge in [-0.15, -0.1) is 22.7 Å². The maximum atomic E-state index is 12.3. The second kappa shape index (κ2) is 8.59. The van der Waals surface area contributed by atoms with Crippen LogP contribution in [-0.4, -0.2) is 43.2 Å². The summed E-state index contributed by atoms with van der Waals surface area (Å²) in [7, 11) is 0. The molecule has 0 spiro atoms. The van der Waals surface area contributed by atoms with Gasteiger partial charge in [-0.3, -0.25) is 0 Å². The highest BCUT2D eigenvalue weighted by Crippen LogP contribution is 2.25. The van der Waals surface area contributed by atoms with Crippen LogP contribution in [0.15, 0.2) is 70.3 Å². The number of thiophene rings is 2. The fourth-order valence-corrected chi connectivity index (χ4v) is 3.96. The minimum Gasteiger partial charge on any atom is -0.475 e. The van der Waals surface area contributed by atoms with Gasteiger partial charge in [-0.1, -0.05) is 30.3 Å². The molecular weight excluding hydrogens is 410 g/mol. The van der Waals surface area contributed by atoms with Crippen LogP contribution in [0.4, 0.5) is 0 Å². The Bertz CT molecular complexity index is 947. The van der Waals surface area contributed by atoms with Crippen molar-refractivity contribution in [2.75, 3.05) is 19.8 Å². The quantitative estimate of drug-likeness (QED) is 0.532. The van der Waals surface area contributed by atoms with E-state index in [4.69, 9.17) is 14.2 Å². The predicted octanol–water partition coefficient (Wildman–Crippen LogP) is 4.04. The molecule has 0 atom stereocenters. The van der Waals surface area contributed by atoms with Crippen LogP contribution in [-0.2, 0) is 14.2 Å². The molecule has 3 heterocycles. The number of carbonyl (C=O) groups excluding carboxylic acids is 2. The van der Waals surface area contributed by atoms with E-state index < -0.39 is 17.5 Å². The molecule has 0 N–H and O–H groups in total. The first-order valence-electron chi connectivity index (χ1n) is 8.85. The Morgan fingerprint density at radius 3 is 2.00 bits per heavy atom. The molecule has 0 fully saturated rings. The maximum Gasteiger partial charge on any atom is 0.348 e. The third-order valence-corrected chi connectivity index (χ3v) is 5.93. The van der Waals surface area contributed by atoms with Crippen molar-refractivity contribution in [1.82, 2.24) is 0 Å². The van der Waals surface area contributed by atoms with Crippen LogP contribution in [0.5, 0.6) is 0 Å². The van der Waals surface area contributed by atoms with E-state index in [1.165, 1.54) is 22.7 Å². The van der Waals surface area contributed by atoms with E-state index in [1.807, 2.05) is 30.3 Å². The number of esters is 2. The molecular formula is C21H17NO5S2. The van der Waals surface area contributed by atoms with Crippen molar-refractivity contribution in [2.24, 2.45) is 4.99 Å². The van der Waals surface area contributed by atoms with E-state index >= 15 is 0 Å². The molecule has 0 aliphatic carbocycles. The number of hydrogen-bond acceptors (Lipinski definition) is 8. The van der Waals surface area contributed by atoms with Crippen LogP contribution in [0.2, 0.25) is 0 Å². The van der Waals surface area contributed by atoms with E-state index in [1.54, 1.807) is 35.0 Å². The molecule has 4 rings (SSSR count). The number of benzene rings is 1. The van der Waals surface area contributed by atoms with Gasteiger partial charge in [0, 0.05) is 5.56 Å². The molecule has 6 nitrogen and oxygen atoms in total. The Kier molecular flexibility index (Phi) is 5.73. The van der Waals surface area contributed by atoms with Crippen molar-refractivity contribution < 1.29 is 23.8 Å². The lowest BCUT2D eigenvalue weighted by Gasteiger charge is -2.23. The number of aliphatic imine (C=N–C) groups is 1. The van der Waals surface area contributed by atoms with Gasteiger partial charge in [0.05, 0.1) is 0 Å². The van der Waals surface area contributed by atoms with Crippen LogP contribution < -0.4 is 0 Å². The number of hydrogen-bond donors (Lipinski definition) is 0. The molecule has 0 unspecified atom stereocenters. The lowest BCUT2D eigenvalue weighted by Crippen LogP contribution is -2.41. The van der Waals surface area contributed by atoms with Crippen LogP contribution >= 0.6 is 22.7 Å². The first-order valence-corrected chi connectivity index (χ1v) is 10.6. The number of nitrogens with zero attached hydrogens (tertiary/aromatic N) is 1. The van der Waals surface area contributed by atoms with E-state index in [0.29, 0.717) is 15.7 Å². The summed E-state index contributed by atoms with van der Waals surface area (Å²) in [5, 5.41) is 3.61. The molecule has 0 amide bonds. The van der Waals surface area contributed by atoms with Gasteiger partial charge in [-0.2, -0.15) is 0 Å². The van der Waals surface area contributed by atoms with Crippen molar-refractivity contribution in [2.45, 2.75) is 5.54 Å². The highest BCUT2D eigenvalue weighted by atomic mass is 32.1. The second-order valence-electron chi connectivity index (χ2n) is 6.40. The molecule has 3 aromatic rings. The first kappa shape index (κ1) is 19.4. The molecule has 1 aliphatic heterocycles. The summed E-state index contributed by atoms with van der Waals surface area (Å²) >= 11 is 2.60. The molecule has 0 radical (unpaired) electrons. The summed E-state index contributed by atoms with van der Waals surface area (Å²) in [5.74, 6) is -0.440. The zero-order valence-electron chi connectivity index (χ0n) is 15.3. The van der Waals surface area contributed by atoms with Gasteiger partial charge in [0.2, 0.25) is 5.90 Å². The standard InChI is InChI=1S/C21H17NO5S2/c23-19(16-8-4-10-28-16)26-13-21(14-27-20(24)17-9-5-11-29-17)12-25-18(22-21)15-6-2-1-3-7-15/h1-11H,12-14H2. The van der Waals surface area contributed by atoms with Gasteiger partial charge in [-0.25, -0.2) is 14.6 Å². The zero-order chi connectivity index (χ0) is 20.1. The van der Waals surface area contributed by atoms with Crippen molar-refractivity contribution in [3.8, 4) is 0 Å². The summed E-state index contributed by atoms with van der Waals surface area (Å²) in [4.78, 5) is 30.2. The summed E-state index contributed by atoms with van der Waals surface area (Å²) < 4.78 is 16.7. The zero-order valence-corrected chi connectivity index (χ0v) is 16.9. The smallest absolute Gasteiger partial charge is 0.348 e. The van der Waals surface area contributed by atoms with Gasteiger partial charge in [0.1, 0.15) is 29.6 Å². The fraction of sp³-hybridized carbons (Fsp3) is 0.190. The molecule has 0 saturated heterocycles. The van der Waals surface area contributed by atoms with Crippen molar-refractivity contribution in [3.05, 3.63) is 80.7 Å². The first-order chi connectivity index (χ1) is 14.2. The Morgan fingerprint density at radius 1 is 0.897 bits per heavy atom. The van der Waals surface area contributed by atoms with Crippen molar-refractivity contribution in [1.29, 1.82) is 0 Å². The molecule has 8 heteroatoms. The fourth-order valence-electron chi connectivity index (χ4n) is 2.73. The van der Waals surface area contributed by atoms with E-state index in [9.17, 15) is 9.59 Å². The predicted molar refractivity (Wildman–Crippen MR) is 111 cm³/mol. The van der Waals surface area contributed by atoms with Crippen molar-refractivity contribution in [3.63, 3.8) is 0 Å². The van der Waals surface area contributed by atoms with Gasteiger partial charge < -0.3 is 14.2 Å². The summed E-state index contributed by atoms with van der Waals surface area (Å²) in [6, 6.07) is 16.4. The van der Waals surface area contributed by atoms with Crippen LogP contribution in [0.25, 0.3) is 0 Å². The summed E-state index contributed by atoms with van der Waals surface area (Å²) in [5.41, 5.74) is -0.186. The maximum absolute atomic E-state index is 12.3. The minimum atomic E-state index is -0.995. The highest BCUT2D eigenvalue weighted by molar-refractivity contribution is 7.12. The molecule has 1 aromatic carbocycles. The molecule has 148 valence electrons. The van der Waals surface area contributed by atoms with E-state index in [0.717, 1.165) is 5.56 Å². The van der Waals surface area contributed by atoms with Crippen molar-refractivity contribution >= 4 is 40.5 Å².